The molecule has 1 aromatic carbocycles. The summed E-state index contributed by atoms with van der Waals surface area (Å²) >= 11 is 1.33. The lowest BCUT2D eigenvalue weighted by molar-refractivity contribution is -0.384. The molecule has 0 spiro atoms. The highest BCUT2D eigenvalue weighted by Gasteiger charge is 2.18. The molecule has 120 valence electrons. The van der Waals surface area contributed by atoms with Gasteiger partial charge < -0.3 is 0 Å². The molecule has 0 saturated heterocycles. The van der Waals surface area contributed by atoms with E-state index < -0.39 is 4.92 Å². The van der Waals surface area contributed by atoms with Gasteiger partial charge in [-0.1, -0.05) is 17.8 Å². The molecule has 0 amide bonds. The summed E-state index contributed by atoms with van der Waals surface area (Å²) in [4.78, 5) is 21.7. The number of nitrogens with zero attached hydrogens (tertiary/aromatic N) is 4. The van der Waals surface area contributed by atoms with Gasteiger partial charge in [0.1, 0.15) is 5.78 Å². The molecule has 0 aliphatic heterocycles. The van der Waals surface area contributed by atoms with Crippen molar-refractivity contribution >= 4 is 23.2 Å². The number of ketones is 1. The molecule has 0 saturated carbocycles. The maximum Gasteiger partial charge on any atom is 0.269 e. The highest BCUT2D eigenvalue weighted by molar-refractivity contribution is 8.00. The third-order valence-corrected chi connectivity index (χ3v) is 4.42. The van der Waals surface area contributed by atoms with E-state index in [1.165, 1.54) is 30.8 Å². The number of benzene rings is 1. The van der Waals surface area contributed by atoms with Crippen molar-refractivity contribution in [3.05, 3.63) is 47.0 Å². The predicted octanol–water partition coefficient (Wildman–Crippen LogP) is 3.11. The highest BCUT2D eigenvalue weighted by atomic mass is 32.2. The number of allylic oxidation sites excluding steroid dienone is 1. The lowest BCUT2D eigenvalue weighted by Gasteiger charge is -2.10. The van der Waals surface area contributed by atoms with Crippen LogP contribution in [-0.4, -0.2) is 30.7 Å². The summed E-state index contributed by atoms with van der Waals surface area (Å²) in [6, 6.07) is 6.11. The van der Waals surface area contributed by atoms with Crippen LogP contribution in [0.3, 0.4) is 0 Å². The number of rotatable bonds is 7. The second-order valence-corrected chi connectivity index (χ2v) is 6.19. The number of aromatic nitrogens is 3. The first-order chi connectivity index (χ1) is 10.9. The van der Waals surface area contributed by atoms with Crippen molar-refractivity contribution in [2.45, 2.75) is 30.8 Å². The Morgan fingerprint density at radius 1 is 1.43 bits per heavy atom. The molecule has 0 radical (unpaired) electrons. The Morgan fingerprint density at radius 3 is 2.61 bits per heavy atom. The Hall–Kier alpha value is -2.48. The quantitative estimate of drug-likeness (QED) is 0.335. The van der Waals surface area contributed by atoms with Gasteiger partial charge in [0.15, 0.2) is 11.0 Å². The number of hydrogen-bond acceptors (Lipinski definition) is 6. The van der Waals surface area contributed by atoms with Crippen molar-refractivity contribution in [3.63, 3.8) is 0 Å². The molecule has 0 aliphatic carbocycles. The number of non-ortho nitro benzene ring substituents is 1. The maximum absolute atomic E-state index is 11.4. The molecule has 0 aliphatic rings. The number of carbonyl (C=O) groups excluding carboxylic acids is 1. The van der Waals surface area contributed by atoms with E-state index >= 15 is 0 Å². The first kappa shape index (κ1) is 16.9. The van der Waals surface area contributed by atoms with E-state index in [-0.39, 0.29) is 16.7 Å². The van der Waals surface area contributed by atoms with E-state index in [1.807, 2.05) is 11.5 Å². The molecule has 0 fully saturated rings. The number of nitro benzene ring substituents is 1. The van der Waals surface area contributed by atoms with Crippen LogP contribution in [0.15, 0.2) is 42.1 Å². The molecule has 1 unspecified atom stereocenters. The molecule has 2 aromatic rings. The van der Waals surface area contributed by atoms with Gasteiger partial charge in [0.25, 0.3) is 5.69 Å². The Balaban J connectivity index is 2.38. The number of nitro groups is 1. The maximum atomic E-state index is 11.4. The largest absolute Gasteiger partial charge is 0.299 e. The normalized spacial score (nSPS) is 11.9. The average Bonchev–Trinajstić information content (AvgIpc) is 2.90. The van der Waals surface area contributed by atoms with Crippen LogP contribution in [0.25, 0.3) is 11.4 Å². The van der Waals surface area contributed by atoms with Gasteiger partial charge in [-0.25, -0.2) is 0 Å². The van der Waals surface area contributed by atoms with Crippen LogP contribution in [-0.2, 0) is 11.3 Å². The smallest absolute Gasteiger partial charge is 0.269 e. The van der Waals surface area contributed by atoms with Gasteiger partial charge in [0.2, 0.25) is 0 Å². The van der Waals surface area contributed by atoms with Crippen molar-refractivity contribution in [3.8, 4) is 11.4 Å². The van der Waals surface area contributed by atoms with Crippen LogP contribution in [0.2, 0.25) is 0 Å². The second kappa shape index (κ2) is 7.19. The fourth-order valence-electron chi connectivity index (χ4n) is 1.86. The van der Waals surface area contributed by atoms with Gasteiger partial charge >= 0.3 is 0 Å². The number of hydrogen-bond donors (Lipinski definition) is 0. The second-order valence-electron chi connectivity index (χ2n) is 4.88. The molecule has 8 heteroatoms. The summed E-state index contributed by atoms with van der Waals surface area (Å²) in [5.41, 5.74) is 0.732. The van der Waals surface area contributed by atoms with Crippen LogP contribution < -0.4 is 0 Å². The standard InChI is InChI=1S/C15H16N4O3S/c1-4-9-18-14(12-5-7-13(8-6-12)19(21)22)16-17-15(18)23-11(3)10(2)20/h4-8,11H,1,9H2,2-3H3. The minimum atomic E-state index is -0.450. The van der Waals surface area contributed by atoms with Crippen molar-refractivity contribution in [1.82, 2.24) is 14.8 Å². The summed E-state index contributed by atoms with van der Waals surface area (Å²) < 4.78 is 1.83. The van der Waals surface area contributed by atoms with Crippen LogP contribution in [0.4, 0.5) is 5.69 Å². The molecule has 1 atom stereocenters. The molecule has 1 aromatic heterocycles. The summed E-state index contributed by atoms with van der Waals surface area (Å²) in [5, 5.41) is 19.4. The topological polar surface area (TPSA) is 90.9 Å². The molecule has 7 nitrogen and oxygen atoms in total. The monoisotopic (exact) mass is 332 g/mol. The van der Waals surface area contributed by atoms with Crippen LogP contribution in [0.5, 0.6) is 0 Å². The summed E-state index contributed by atoms with van der Waals surface area (Å²) in [7, 11) is 0. The van der Waals surface area contributed by atoms with Crippen LogP contribution in [0, 0.1) is 10.1 Å². The van der Waals surface area contributed by atoms with Gasteiger partial charge in [0.05, 0.1) is 10.2 Å². The van der Waals surface area contributed by atoms with Gasteiger partial charge in [-0.15, -0.1) is 16.8 Å². The zero-order chi connectivity index (χ0) is 17.0. The molecule has 0 N–H and O–H groups in total. The Morgan fingerprint density at radius 2 is 2.09 bits per heavy atom. The van der Waals surface area contributed by atoms with Gasteiger partial charge in [-0.05, 0) is 26.0 Å². The van der Waals surface area contributed by atoms with Crippen molar-refractivity contribution < 1.29 is 9.72 Å². The SMILES string of the molecule is C=CCn1c(SC(C)C(C)=O)nnc1-c1ccc([N+](=O)[O-])cc1. The molecular formula is C15H16N4O3S. The van der Waals surface area contributed by atoms with E-state index in [9.17, 15) is 14.9 Å². The van der Waals surface area contributed by atoms with Gasteiger partial charge in [0, 0.05) is 24.2 Å². The third kappa shape index (κ3) is 3.84. The zero-order valence-corrected chi connectivity index (χ0v) is 13.6. The Bertz CT molecular complexity index is 740. The summed E-state index contributed by atoms with van der Waals surface area (Å²) in [6.07, 6.45) is 1.71. The molecule has 1 heterocycles. The summed E-state index contributed by atoms with van der Waals surface area (Å²) in [6.45, 7) is 7.54. The molecule has 0 bridgehead atoms. The van der Waals surface area contributed by atoms with E-state index in [0.717, 1.165) is 0 Å². The highest BCUT2D eigenvalue weighted by Crippen LogP contribution is 2.28. The van der Waals surface area contributed by atoms with E-state index in [2.05, 4.69) is 16.8 Å². The van der Waals surface area contributed by atoms with Crippen molar-refractivity contribution in [1.29, 1.82) is 0 Å². The molecule has 23 heavy (non-hydrogen) atoms. The van der Waals surface area contributed by atoms with Crippen molar-refractivity contribution in [2.75, 3.05) is 0 Å². The third-order valence-electron chi connectivity index (χ3n) is 3.22. The van der Waals surface area contributed by atoms with Gasteiger partial charge in [-0.2, -0.15) is 0 Å². The lowest BCUT2D eigenvalue weighted by atomic mass is 10.2. The lowest BCUT2D eigenvalue weighted by Crippen LogP contribution is -2.10. The van der Waals surface area contributed by atoms with Crippen LogP contribution in [0.1, 0.15) is 13.8 Å². The zero-order valence-electron chi connectivity index (χ0n) is 12.8. The average molecular weight is 332 g/mol. The minimum absolute atomic E-state index is 0.0170. The Kier molecular flexibility index (Phi) is 5.28. The van der Waals surface area contributed by atoms with Crippen molar-refractivity contribution in [2.24, 2.45) is 0 Å². The van der Waals surface area contributed by atoms with E-state index in [1.54, 1.807) is 18.2 Å². The fraction of sp³-hybridized carbons (Fsp3) is 0.267. The molecular weight excluding hydrogens is 316 g/mol. The number of carbonyl (C=O) groups is 1. The van der Waals surface area contributed by atoms with Gasteiger partial charge in [-0.3, -0.25) is 19.5 Å². The number of thioether (sulfide) groups is 1. The minimum Gasteiger partial charge on any atom is -0.299 e. The van der Waals surface area contributed by atoms with E-state index in [4.69, 9.17) is 0 Å². The van der Waals surface area contributed by atoms with Crippen LogP contribution >= 0.6 is 11.8 Å². The molecule has 2 rings (SSSR count). The Labute approximate surface area is 137 Å². The summed E-state index contributed by atoms with van der Waals surface area (Å²) in [5.74, 6) is 0.637. The first-order valence-corrected chi connectivity index (χ1v) is 7.78. The predicted molar refractivity (Wildman–Crippen MR) is 88.3 cm³/mol. The first-order valence-electron chi connectivity index (χ1n) is 6.90. The number of Topliss-reactive ketones (excluding diaryl/α,β-unsaturated/α-hetero) is 1. The fourth-order valence-corrected chi connectivity index (χ4v) is 2.71. The van der Waals surface area contributed by atoms with E-state index in [0.29, 0.717) is 23.1 Å².